The molecule has 6 heteroatoms. The molecule has 1 aromatic heterocycles. The van der Waals surface area contributed by atoms with Crippen molar-refractivity contribution in [3.63, 3.8) is 0 Å². The minimum Gasteiger partial charge on any atom is -0.353 e. The topological polar surface area (TPSA) is 58.1 Å². The maximum atomic E-state index is 12.4. The van der Waals surface area contributed by atoms with Crippen molar-refractivity contribution in [3.8, 4) is 0 Å². The van der Waals surface area contributed by atoms with Crippen LogP contribution in [0.15, 0.2) is 47.9 Å². The lowest BCUT2D eigenvalue weighted by Crippen LogP contribution is -2.38. The van der Waals surface area contributed by atoms with Gasteiger partial charge in [0.15, 0.2) is 5.16 Å². The molecule has 0 aliphatic heterocycles. The van der Waals surface area contributed by atoms with Gasteiger partial charge >= 0.3 is 0 Å². The molecule has 1 N–H and O–H groups in total. The van der Waals surface area contributed by atoms with Gasteiger partial charge in [-0.15, -0.1) is 0 Å². The predicted octanol–water partition coefficient (Wildman–Crippen LogP) is 2.68. The summed E-state index contributed by atoms with van der Waals surface area (Å²) >= 11 is 1.36. The number of aromatic nitrogens is 2. The van der Waals surface area contributed by atoms with Gasteiger partial charge in [0.25, 0.3) is 0 Å². The molecule has 2 atom stereocenters. The number of hydrogen-bond acceptors (Lipinski definition) is 5. The summed E-state index contributed by atoms with van der Waals surface area (Å²) in [5.41, 5.74) is 2.42. The molecule has 128 valence electrons. The third-order valence-electron chi connectivity index (χ3n) is 3.75. The Hall–Kier alpha value is -1.92. The molecule has 0 aliphatic rings. The molecule has 5 nitrogen and oxygen atoms in total. The van der Waals surface area contributed by atoms with Gasteiger partial charge in [-0.1, -0.05) is 41.6 Å². The van der Waals surface area contributed by atoms with Crippen LogP contribution in [0.4, 0.5) is 0 Å². The minimum atomic E-state index is -0.242. The van der Waals surface area contributed by atoms with Gasteiger partial charge in [-0.25, -0.2) is 9.97 Å². The second-order valence-corrected chi connectivity index (χ2v) is 7.23. The van der Waals surface area contributed by atoms with Crippen LogP contribution in [0, 0.1) is 6.92 Å². The predicted molar refractivity (Wildman–Crippen MR) is 98.0 cm³/mol. The highest BCUT2D eigenvalue weighted by Gasteiger charge is 2.19. The van der Waals surface area contributed by atoms with Gasteiger partial charge in [-0.05, 0) is 39.6 Å². The molecule has 0 bridgehead atoms. The Morgan fingerprint density at radius 2 is 1.83 bits per heavy atom. The van der Waals surface area contributed by atoms with Crippen molar-refractivity contribution < 1.29 is 4.79 Å². The van der Waals surface area contributed by atoms with Crippen LogP contribution >= 0.6 is 11.8 Å². The first kappa shape index (κ1) is 18.4. The number of nitrogens with one attached hydrogen (secondary N) is 1. The molecular weight excluding hydrogens is 320 g/mol. The molecule has 1 aromatic carbocycles. The average Bonchev–Trinajstić information content (AvgIpc) is 2.57. The summed E-state index contributed by atoms with van der Waals surface area (Å²) in [5, 5.41) is 3.41. The van der Waals surface area contributed by atoms with E-state index in [1.54, 1.807) is 18.5 Å². The first-order valence-corrected chi connectivity index (χ1v) is 8.79. The standard InChI is InChI=1S/C18H24N4OS/c1-13-6-8-15(9-7-13)16(22(3)4)12-21-17(23)14(2)24-18-19-10-5-11-20-18/h5-11,14,16H,12H2,1-4H3,(H,21,23). The van der Waals surface area contributed by atoms with E-state index in [-0.39, 0.29) is 17.2 Å². The maximum absolute atomic E-state index is 12.4. The lowest BCUT2D eigenvalue weighted by Gasteiger charge is -2.25. The van der Waals surface area contributed by atoms with Crippen LogP contribution in [-0.4, -0.2) is 46.7 Å². The Morgan fingerprint density at radius 1 is 1.21 bits per heavy atom. The van der Waals surface area contributed by atoms with Crippen molar-refractivity contribution in [2.24, 2.45) is 0 Å². The molecule has 1 heterocycles. The number of hydrogen-bond donors (Lipinski definition) is 1. The lowest BCUT2D eigenvalue weighted by atomic mass is 10.0. The van der Waals surface area contributed by atoms with E-state index in [0.29, 0.717) is 11.7 Å². The van der Waals surface area contributed by atoms with Crippen LogP contribution in [0.3, 0.4) is 0 Å². The summed E-state index contributed by atoms with van der Waals surface area (Å²) in [6.45, 7) is 4.50. The molecule has 0 fully saturated rings. The van der Waals surface area contributed by atoms with E-state index in [4.69, 9.17) is 0 Å². The number of carbonyl (C=O) groups is 1. The van der Waals surface area contributed by atoms with Gasteiger partial charge in [0.1, 0.15) is 0 Å². The Morgan fingerprint density at radius 3 is 2.42 bits per heavy atom. The monoisotopic (exact) mass is 344 g/mol. The molecule has 0 radical (unpaired) electrons. The number of carbonyl (C=O) groups excluding carboxylic acids is 1. The van der Waals surface area contributed by atoms with Crippen molar-refractivity contribution in [2.75, 3.05) is 20.6 Å². The summed E-state index contributed by atoms with van der Waals surface area (Å²) in [6.07, 6.45) is 3.36. The van der Waals surface area contributed by atoms with Crippen LogP contribution in [0.5, 0.6) is 0 Å². The summed E-state index contributed by atoms with van der Waals surface area (Å²) in [7, 11) is 4.04. The van der Waals surface area contributed by atoms with Crippen LogP contribution in [-0.2, 0) is 4.79 Å². The maximum Gasteiger partial charge on any atom is 0.233 e. The molecule has 2 unspecified atom stereocenters. The summed E-state index contributed by atoms with van der Waals surface area (Å²) in [6, 6.07) is 10.3. The van der Waals surface area contributed by atoms with Gasteiger partial charge < -0.3 is 10.2 Å². The number of likely N-dealkylation sites (N-methyl/N-ethyl adjacent to an activating group) is 1. The highest BCUT2D eigenvalue weighted by atomic mass is 32.2. The van der Waals surface area contributed by atoms with E-state index in [0.717, 1.165) is 0 Å². The molecule has 0 aliphatic carbocycles. The van der Waals surface area contributed by atoms with E-state index in [2.05, 4.69) is 51.4 Å². The number of thioether (sulfide) groups is 1. The number of benzene rings is 1. The molecule has 0 saturated carbocycles. The first-order valence-electron chi connectivity index (χ1n) is 7.91. The number of aryl methyl sites for hydroxylation is 1. The fourth-order valence-electron chi connectivity index (χ4n) is 2.29. The van der Waals surface area contributed by atoms with E-state index in [9.17, 15) is 4.79 Å². The Balaban J connectivity index is 1.93. The van der Waals surface area contributed by atoms with Crippen molar-refractivity contribution in [1.82, 2.24) is 20.2 Å². The second kappa shape index (κ2) is 8.80. The van der Waals surface area contributed by atoms with Gasteiger partial charge in [-0.3, -0.25) is 4.79 Å². The Labute approximate surface area is 147 Å². The molecule has 0 saturated heterocycles. The van der Waals surface area contributed by atoms with Gasteiger partial charge in [-0.2, -0.15) is 0 Å². The van der Waals surface area contributed by atoms with Crippen LogP contribution in [0.1, 0.15) is 24.1 Å². The zero-order valence-corrected chi connectivity index (χ0v) is 15.4. The molecule has 2 rings (SSSR count). The lowest BCUT2D eigenvalue weighted by molar-refractivity contribution is -0.120. The third-order valence-corrected chi connectivity index (χ3v) is 4.74. The minimum absolute atomic E-state index is 0.00795. The summed E-state index contributed by atoms with van der Waals surface area (Å²) < 4.78 is 0. The van der Waals surface area contributed by atoms with Crippen molar-refractivity contribution in [1.29, 1.82) is 0 Å². The molecule has 24 heavy (non-hydrogen) atoms. The van der Waals surface area contributed by atoms with Crippen molar-refractivity contribution >= 4 is 17.7 Å². The summed E-state index contributed by atoms with van der Waals surface area (Å²) in [4.78, 5) is 22.8. The fraction of sp³-hybridized carbons (Fsp3) is 0.389. The number of amides is 1. The van der Waals surface area contributed by atoms with Crippen LogP contribution < -0.4 is 5.32 Å². The zero-order valence-electron chi connectivity index (χ0n) is 14.6. The molecule has 1 amide bonds. The van der Waals surface area contributed by atoms with Gasteiger partial charge in [0.05, 0.1) is 11.3 Å². The van der Waals surface area contributed by atoms with Crippen molar-refractivity contribution in [3.05, 3.63) is 53.9 Å². The third kappa shape index (κ3) is 5.32. The van der Waals surface area contributed by atoms with Crippen LogP contribution in [0.2, 0.25) is 0 Å². The van der Waals surface area contributed by atoms with Gasteiger partial charge in [0, 0.05) is 18.9 Å². The first-order chi connectivity index (χ1) is 11.5. The smallest absolute Gasteiger partial charge is 0.233 e. The molecule has 0 spiro atoms. The van der Waals surface area contributed by atoms with Crippen molar-refractivity contribution in [2.45, 2.75) is 30.3 Å². The van der Waals surface area contributed by atoms with Crippen LogP contribution in [0.25, 0.3) is 0 Å². The quantitative estimate of drug-likeness (QED) is 0.618. The second-order valence-electron chi connectivity index (χ2n) is 5.93. The average molecular weight is 344 g/mol. The highest BCUT2D eigenvalue weighted by Crippen LogP contribution is 2.20. The Bertz CT molecular complexity index is 646. The van der Waals surface area contributed by atoms with E-state index >= 15 is 0 Å². The summed E-state index contributed by atoms with van der Waals surface area (Å²) in [5.74, 6) is -0.00795. The Kier molecular flexibility index (Phi) is 6.75. The normalized spacial score (nSPS) is 13.5. The molecular formula is C18H24N4OS. The fourth-order valence-corrected chi connectivity index (χ4v) is 3.04. The van der Waals surface area contributed by atoms with E-state index in [1.807, 2.05) is 21.0 Å². The van der Waals surface area contributed by atoms with E-state index < -0.39 is 0 Å². The largest absolute Gasteiger partial charge is 0.353 e. The highest BCUT2D eigenvalue weighted by molar-refractivity contribution is 8.00. The number of nitrogens with zero attached hydrogens (tertiary/aromatic N) is 3. The SMILES string of the molecule is Cc1ccc(C(CNC(=O)C(C)Sc2ncccn2)N(C)C)cc1. The van der Waals surface area contributed by atoms with E-state index in [1.165, 1.54) is 22.9 Å². The zero-order chi connectivity index (χ0) is 17.5. The molecule has 2 aromatic rings. The van der Waals surface area contributed by atoms with Gasteiger partial charge in [0.2, 0.25) is 5.91 Å². The number of rotatable bonds is 7.